The van der Waals surface area contributed by atoms with Crippen LogP contribution in [0, 0.1) is 0 Å². The van der Waals surface area contributed by atoms with Gasteiger partial charge in [-0.2, -0.15) is 23.5 Å². The van der Waals surface area contributed by atoms with Crippen LogP contribution in [-0.4, -0.2) is 64.4 Å². The zero-order chi connectivity index (χ0) is 15.8. The van der Waals surface area contributed by atoms with E-state index < -0.39 is 0 Å². The first kappa shape index (κ1) is 19.6. The fraction of sp³-hybridized carbons (Fsp3) is 1.00. The zero-order valence-corrected chi connectivity index (χ0v) is 19.9. The molecule has 4 atom stereocenters. The van der Waals surface area contributed by atoms with Gasteiger partial charge in [0.2, 0.25) is 0 Å². The number of rotatable bonds is 8. The van der Waals surface area contributed by atoms with Gasteiger partial charge in [0.05, 0.1) is 0 Å². The van der Waals surface area contributed by atoms with E-state index in [0.717, 1.165) is 21.0 Å². The molecule has 128 valence electrons. The van der Waals surface area contributed by atoms with Gasteiger partial charge in [-0.15, -0.1) is 70.6 Å². The molecule has 0 aliphatic carbocycles. The number of hydrogen-bond donors (Lipinski definition) is 0. The molecule has 0 N–H and O–H groups in total. The summed E-state index contributed by atoms with van der Waals surface area (Å²) in [4.78, 5) is 0. The molecule has 4 unspecified atom stereocenters. The van der Waals surface area contributed by atoms with Crippen LogP contribution in [0.15, 0.2) is 0 Å². The van der Waals surface area contributed by atoms with Gasteiger partial charge in [-0.1, -0.05) is 0 Å². The minimum Gasteiger partial charge on any atom is -0.157 e. The van der Waals surface area contributed by atoms with Gasteiger partial charge in [0, 0.05) is 32.5 Å². The Morgan fingerprint density at radius 1 is 0.727 bits per heavy atom. The van der Waals surface area contributed by atoms with Gasteiger partial charge in [0.25, 0.3) is 0 Å². The third kappa shape index (κ3) is 4.20. The molecule has 0 aromatic heterocycles. The van der Waals surface area contributed by atoms with E-state index in [1.165, 1.54) is 24.3 Å². The summed E-state index contributed by atoms with van der Waals surface area (Å²) in [5.41, 5.74) is 0. The molecular formula is C14H24S8. The van der Waals surface area contributed by atoms with Crippen molar-refractivity contribution in [2.75, 3.05) is 36.5 Å². The topological polar surface area (TPSA) is 0 Å². The van der Waals surface area contributed by atoms with Gasteiger partial charge < -0.3 is 0 Å². The van der Waals surface area contributed by atoms with E-state index in [-0.39, 0.29) is 0 Å². The molecule has 3 rings (SSSR count). The molecule has 0 radical (unpaired) electrons. The SMILES string of the molecule is CSC1(SC)SC1CC1CSC(CC2SC2(SC)SC)CS1. The molecule has 3 fully saturated rings. The highest BCUT2D eigenvalue weighted by Gasteiger charge is 2.56. The Labute approximate surface area is 169 Å². The summed E-state index contributed by atoms with van der Waals surface area (Å²) in [7, 11) is 0. The molecule has 0 aromatic carbocycles. The zero-order valence-electron chi connectivity index (χ0n) is 13.4. The Hall–Kier alpha value is 2.80. The van der Waals surface area contributed by atoms with E-state index >= 15 is 0 Å². The highest BCUT2D eigenvalue weighted by molar-refractivity contribution is 8.40. The van der Waals surface area contributed by atoms with Crippen molar-refractivity contribution in [1.82, 2.24) is 0 Å². The summed E-state index contributed by atoms with van der Waals surface area (Å²) in [5.74, 6) is 2.77. The third-order valence-corrected chi connectivity index (χ3v) is 19.2. The van der Waals surface area contributed by atoms with Crippen molar-refractivity contribution in [3.8, 4) is 0 Å². The Bertz CT molecular complexity index is 337. The van der Waals surface area contributed by atoms with Crippen molar-refractivity contribution in [2.45, 2.75) is 40.7 Å². The second kappa shape index (κ2) is 8.22. The van der Waals surface area contributed by atoms with Crippen molar-refractivity contribution in [2.24, 2.45) is 0 Å². The lowest BCUT2D eigenvalue weighted by molar-refractivity contribution is 0.794. The molecule has 22 heavy (non-hydrogen) atoms. The molecule has 0 aromatic rings. The molecule has 0 amide bonds. The Kier molecular flexibility index (Phi) is 7.31. The highest BCUT2D eigenvalue weighted by atomic mass is 32.3. The van der Waals surface area contributed by atoms with Crippen LogP contribution in [0.25, 0.3) is 0 Å². The smallest absolute Gasteiger partial charge is 0.118 e. The van der Waals surface area contributed by atoms with Crippen LogP contribution in [-0.2, 0) is 0 Å². The summed E-state index contributed by atoms with van der Waals surface area (Å²) < 4.78 is 1.01. The number of hydrogen-bond acceptors (Lipinski definition) is 8. The molecule has 3 aliphatic heterocycles. The predicted octanol–water partition coefficient (Wildman–Crippen LogP) is 5.97. The van der Waals surface area contributed by atoms with Gasteiger partial charge in [0.1, 0.15) is 6.82 Å². The van der Waals surface area contributed by atoms with Crippen LogP contribution < -0.4 is 0 Å². The average molecular weight is 449 g/mol. The minimum absolute atomic E-state index is 0.503. The number of thioether (sulfide) groups is 8. The van der Waals surface area contributed by atoms with Crippen LogP contribution in [0.2, 0.25) is 0 Å². The summed E-state index contributed by atoms with van der Waals surface area (Å²) in [6.45, 7) is 0. The predicted molar refractivity (Wildman–Crippen MR) is 124 cm³/mol. The summed E-state index contributed by atoms with van der Waals surface area (Å²) in [5, 5.41) is 3.59. The molecule has 3 aliphatic rings. The van der Waals surface area contributed by atoms with Gasteiger partial charge in [0.15, 0.2) is 0 Å². The first-order valence-corrected chi connectivity index (χ1v) is 16.2. The summed E-state index contributed by atoms with van der Waals surface area (Å²) in [6, 6.07) is 0. The van der Waals surface area contributed by atoms with Gasteiger partial charge in [-0.05, 0) is 37.9 Å². The first-order chi connectivity index (χ1) is 10.6. The van der Waals surface area contributed by atoms with Gasteiger partial charge >= 0.3 is 0 Å². The molecule has 3 heterocycles. The third-order valence-electron chi connectivity index (χ3n) is 4.41. The lowest BCUT2D eigenvalue weighted by Crippen LogP contribution is -2.25. The van der Waals surface area contributed by atoms with E-state index in [1.807, 2.05) is 0 Å². The van der Waals surface area contributed by atoms with E-state index in [1.54, 1.807) is 0 Å². The Morgan fingerprint density at radius 2 is 1.09 bits per heavy atom. The first-order valence-electron chi connectivity index (χ1n) is 7.40. The second-order valence-corrected chi connectivity index (χ2v) is 16.9. The molecule has 3 saturated heterocycles. The highest BCUT2D eigenvalue weighted by Crippen LogP contribution is 2.69. The molecule has 0 nitrogen and oxygen atoms in total. The fourth-order valence-corrected chi connectivity index (χ4v) is 14.7. The van der Waals surface area contributed by atoms with Crippen LogP contribution in [0.5, 0.6) is 0 Å². The maximum atomic E-state index is 2.28. The van der Waals surface area contributed by atoms with Crippen molar-refractivity contribution >= 4 is 94.1 Å². The van der Waals surface area contributed by atoms with E-state index in [9.17, 15) is 0 Å². The summed E-state index contributed by atoms with van der Waals surface area (Å²) >= 11 is 17.2. The van der Waals surface area contributed by atoms with E-state index in [4.69, 9.17) is 0 Å². The summed E-state index contributed by atoms with van der Waals surface area (Å²) in [6.07, 6.45) is 12.0. The van der Waals surface area contributed by atoms with Crippen LogP contribution in [0.1, 0.15) is 12.8 Å². The quantitative estimate of drug-likeness (QED) is 0.324. The molecule has 0 spiro atoms. The van der Waals surface area contributed by atoms with Crippen molar-refractivity contribution in [1.29, 1.82) is 0 Å². The van der Waals surface area contributed by atoms with Crippen LogP contribution >= 0.6 is 94.1 Å². The maximum absolute atomic E-state index is 2.28. The molecule has 0 saturated carbocycles. The Balaban J connectivity index is 1.37. The van der Waals surface area contributed by atoms with Crippen molar-refractivity contribution < 1.29 is 0 Å². The fourth-order valence-electron chi connectivity index (χ4n) is 2.93. The normalized spacial score (nSPS) is 38.7. The lowest BCUT2D eigenvalue weighted by atomic mass is 10.2. The standard InChI is InChI=1S/C14H24S8/c1-15-13(16-2)11(21-13)5-9-7-20-10(8-19-9)6-12-14(17-3,18-4)22-12/h9-12H,5-8H2,1-4H3. The largest absolute Gasteiger partial charge is 0.157 e. The van der Waals surface area contributed by atoms with E-state index in [0.29, 0.717) is 6.82 Å². The molecular weight excluding hydrogens is 425 g/mol. The Morgan fingerprint density at radius 3 is 1.32 bits per heavy atom. The van der Waals surface area contributed by atoms with Gasteiger partial charge in [-0.25, -0.2) is 0 Å². The lowest BCUT2D eigenvalue weighted by Gasteiger charge is -2.28. The van der Waals surface area contributed by atoms with Crippen LogP contribution in [0.4, 0.5) is 0 Å². The monoisotopic (exact) mass is 448 g/mol. The van der Waals surface area contributed by atoms with Gasteiger partial charge in [-0.3, -0.25) is 0 Å². The molecule has 0 bridgehead atoms. The minimum atomic E-state index is 0.503. The average Bonchev–Trinajstić information content (AvgIpc) is 3.44. The van der Waals surface area contributed by atoms with Crippen molar-refractivity contribution in [3.63, 3.8) is 0 Å². The molecule has 8 heteroatoms. The second-order valence-electron chi connectivity index (χ2n) is 5.62. The maximum Gasteiger partial charge on any atom is 0.118 e. The van der Waals surface area contributed by atoms with Crippen molar-refractivity contribution in [3.05, 3.63) is 0 Å². The van der Waals surface area contributed by atoms with Crippen LogP contribution in [0.3, 0.4) is 0 Å². The van der Waals surface area contributed by atoms with E-state index in [2.05, 4.69) is 119 Å².